The number of aromatic nitrogens is 2. The number of thiophene rings is 1. The average Bonchev–Trinajstić information content (AvgIpc) is 2.65. The van der Waals surface area contributed by atoms with Crippen LogP contribution in [-0.2, 0) is 13.0 Å². The van der Waals surface area contributed by atoms with Crippen LogP contribution in [0.4, 0.5) is 0 Å². The van der Waals surface area contributed by atoms with E-state index < -0.39 is 0 Å². The van der Waals surface area contributed by atoms with Crippen LogP contribution in [0.1, 0.15) is 24.3 Å². The van der Waals surface area contributed by atoms with Crippen LogP contribution in [0.3, 0.4) is 0 Å². The molecule has 0 radical (unpaired) electrons. The second-order valence-electron chi connectivity index (χ2n) is 4.93. The van der Waals surface area contributed by atoms with Crippen LogP contribution in [0.25, 0.3) is 10.2 Å². The van der Waals surface area contributed by atoms with Gasteiger partial charge in [-0.25, -0.2) is 0 Å². The molecule has 2 aromatic heterocycles. The van der Waals surface area contributed by atoms with E-state index in [0.29, 0.717) is 10.8 Å². The molecular formula is C12H15N3OS2. The van der Waals surface area contributed by atoms with Crippen molar-refractivity contribution < 1.29 is 0 Å². The van der Waals surface area contributed by atoms with E-state index >= 15 is 0 Å². The van der Waals surface area contributed by atoms with E-state index in [1.165, 1.54) is 10.4 Å². The van der Waals surface area contributed by atoms with E-state index in [1.54, 1.807) is 11.3 Å². The largest absolute Gasteiger partial charge is 0.323 e. The zero-order valence-electron chi connectivity index (χ0n) is 10.4. The van der Waals surface area contributed by atoms with Gasteiger partial charge in [-0.2, -0.15) is 0 Å². The van der Waals surface area contributed by atoms with Crippen LogP contribution < -0.4 is 5.56 Å². The molecule has 0 aromatic carbocycles. The highest BCUT2D eigenvalue weighted by Gasteiger charge is 2.23. The highest BCUT2D eigenvalue weighted by atomic mass is 32.1. The lowest BCUT2D eigenvalue weighted by Crippen LogP contribution is -2.35. The number of H-pyrrole nitrogens is 2. The maximum atomic E-state index is 12.0. The van der Waals surface area contributed by atoms with Gasteiger partial charge in [0.05, 0.1) is 5.39 Å². The van der Waals surface area contributed by atoms with Gasteiger partial charge in [0.25, 0.3) is 5.56 Å². The monoisotopic (exact) mass is 281 g/mol. The molecule has 2 aromatic rings. The molecule has 2 N–H and O–H groups in total. The maximum absolute atomic E-state index is 12.0. The Balaban J connectivity index is 2.19. The standard InChI is InChI=1S/C12H15N3OS2/c1-6(2)15-4-3-7-8(5-15)18-11-9(7)10(16)13-12(17)14-11/h6H,3-5H2,1-2H3,(H2,13,14,16,17). The summed E-state index contributed by atoms with van der Waals surface area (Å²) < 4.78 is 0.409. The van der Waals surface area contributed by atoms with Gasteiger partial charge in [0.1, 0.15) is 4.83 Å². The van der Waals surface area contributed by atoms with Crippen molar-refractivity contribution in [1.29, 1.82) is 0 Å². The minimum Gasteiger partial charge on any atom is -0.323 e. The fraction of sp³-hybridized carbons (Fsp3) is 0.500. The van der Waals surface area contributed by atoms with Crippen molar-refractivity contribution in [3.63, 3.8) is 0 Å². The molecule has 0 saturated heterocycles. The van der Waals surface area contributed by atoms with E-state index in [4.69, 9.17) is 12.2 Å². The Morgan fingerprint density at radius 3 is 2.89 bits per heavy atom. The van der Waals surface area contributed by atoms with Gasteiger partial charge in [-0.3, -0.25) is 14.7 Å². The van der Waals surface area contributed by atoms with Crippen molar-refractivity contribution in [1.82, 2.24) is 14.9 Å². The predicted octanol–water partition coefficient (Wildman–Crippen LogP) is 2.41. The smallest absolute Gasteiger partial charge is 0.260 e. The number of aromatic amines is 2. The Kier molecular flexibility index (Phi) is 2.88. The summed E-state index contributed by atoms with van der Waals surface area (Å²) in [7, 11) is 0. The van der Waals surface area contributed by atoms with Crippen molar-refractivity contribution in [3.8, 4) is 0 Å². The molecule has 0 fully saturated rings. The third kappa shape index (κ3) is 1.84. The highest BCUT2D eigenvalue weighted by Crippen LogP contribution is 2.32. The number of nitrogens with zero attached hydrogens (tertiary/aromatic N) is 1. The van der Waals surface area contributed by atoms with Crippen LogP contribution in [-0.4, -0.2) is 27.5 Å². The number of fused-ring (bicyclic) bond motifs is 3. The molecule has 3 rings (SSSR count). The summed E-state index contributed by atoms with van der Waals surface area (Å²) >= 11 is 6.68. The van der Waals surface area contributed by atoms with Crippen molar-refractivity contribution in [2.24, 2.45) is 0 Å². The molecule has 6 heteroatoms. The molecule has 3 heterocycles. The molecule has 1 aliphatic rings. The first-order valence-corrected chi connectivity index (χ1v) is 7.29. The lowest BCUT2D eigenvalue weighted by atomic mass is 10.0. The summed E-state index contributed by atoms with van der Waals surface area (Å²) in [4.78, 5) is 22.4. The summed E-state index contributed by atoms with van der Waals surface area (Å²) in [6, 6.07) is 0.542. The minimum absolute atomic E-state index is 0.0516. The molecule has 0 unspecified atom stereocenters. The number of hydrogen-bond donors (Lipinski definition) is 2. The Labute approximate surface area is 114 Å². The van der Waals surface area contributed by atoms with Gasteiger partial charge in [0, 0.05) is 24.0 Å². The fourth-order valence-electron chi connectivity index (χ4n) is 2.49. The molecule has 18 heavy (non-hydrogen) atoms. The third-order valence-electron chi connectivity index (χ3n) is 3.50. The van der Waals surface area contributed by atoms with Gasteiger partial charge in [-0.05, 0) is 38.0 Å². The zero-order valence-corrected chi connectivity index (χ0v) is 12.0. The van der Waals surface area contributed by atoms with Crippen molar-refractivity contribution in [2.45, 2.75) is 32.9 Å². The first kappa shape index (κ1) is 12.1. The van der Waals surface area contributed by atoms with E-state index in [1.807, 2.05) is 0 Å². The molecule has 0 atom stereocenters. The molecule has 0 bridgehead atoms. The van der Waals surface area contributed by atoms with Crippen LogP contribution in [0.15, 0.2) is 4.79 Å². The Morgan fingerprint density at radius 1 is 1.39 bits per heavy atom. The topological polar surface area (TPSA) is 51.9 Å². The zero-order chi connectivity index (χ0) is 12.9. The quantitative estimate of drug-likeness (QED) is 0.789. The Bertz CT molecular complexity index is 710. The fourth-order valence-corrected chi connectivity index (χ4v) is 4.03. The summed E-state index contributed by atoms with van der Waals surface area (Å²) in [6.07, 6.45) is 0.946. The number of rotatable bonds is 1. The van der Waals surface area contributed by atoms with E-state index in [0.717, 1.165) is 29.7 Å². The lowest BCUT2D eigenvalue weighted by molar-refractivity contribution is 0.206. The predicted molar refractivity (Wildman–Crippen MR) is 76.9 cm³/mol. The summed E-state index contributed by atoms with van der Waals surface area (Å²) in [5, 5.41) is 0.812. The normalized spacial score (nSPS) is 16.4. The van der Waals surface area contributed by atoms with Gasteiger partial charge in [0.15, 0.2) is 4.77 Å². The van der Waals surface area contributed by atoms with Crippen LogP contribution in [0, 0.1) is 4.77 Å². The maximum Gasteiger partial charge on any atom is 0.260 e. The molecule has 4 nitrogen and oxygen atoms in total. The SMILES string of the molecule is CC(C)N1CCc2c(sc3[nH]c(=S)[nH]c(=O)c23)C1. The molecule has 0 spiro atoms. The number of hydrogen-bond acceptors (Lipinski definition) is 4. The Hall–Kier alpha value is -0.980. The summed E-state index contributed by atoms with van der Waals surface area (Å²) in [5.74, 6) is 0. The van der Waals surface area contributed by atoms with Crippen LogP contribution >= 0.6 is 23.6 Å². The van der Waals surface area contributed by atoms with Gasteiger partial charge >= 0.3 is 0 Å². The molecular weight excluding hydrogens is 266 g/mol. The van der Waals surface area contributed by atoms with E-state index in [-0.39, 0.29) is 5.56 Å². The first-order valence-electron chi connectivity index (χ1n) is 6.07. The second kappa shape index (κ2) is 4.29. The molecule has 96 valence electrons. The van der Waals surface area contributed by atoms with Crippen molar-refractivity contribution in [2.75, 3.05) is 6.54 Å². The van der Waals surface area contributed by atoms with Gasteiger partial charge in [-0.15, -0.1) is 11.3 Å². The average molecular weight is 281 g/mol. The lowest BCUT2D eigenvalue weighted by Gasteiger charge is -2.30. The highest BCUT2D eigenvalue weighted by molar-refractivity contribution is 7.71. The van der Waals surface area contributed by atoms with Gasteiger partial charge in [-0.1, -0.05) is 0 Å². The van der Waals surface area contributed by atoms with Crippen molar-refractivity contribution >= 4 is 33.8 Å². The number of nitrogens with one attached hydrogen (secondary N) is 2. The van der Waals surface area contributed by atoms with Crippen molar-refractivity contribution in [3.05, 3.63) is 25.6 Å². The second-order valence-corrected chi connectivity index (χ2v) is 6.44. The Morgan fingerprint density at radius 2 is 2.17 bits per heavy atom. The van der Waals surface area contributed by atoms with Gasteiger partial charge in [0.2, 0.25) is 0 Å². The van der Waals surface area contributed by atoms with Crippen LogP contribution in [0.2, 0.25) is 0 Å². The van der Waals surface area contributed by atoms with E-state index in [9.17, 15) is 4.79 Å². The molecule has 0 amide bonds. The molecule has 1 aliphatic heterocycles. The van der Waals surface area contributed by atoms with Gasteiger partial charge < -0.3 is 4.98 Å². The minimum atomic E-state index is -0.0516. The molecule has 0 aliphatic carbocycles. The third-order valence-corrected chi connectivity index (χ3v) is 4.83. The first-order chi connectivity index (χ1) is 8.56. The van der Waals surface area contributed by atoms with Crippen LogP contribution in [0.5, 0.6) is 0 Å². The summed E-state index contributed by atoms with van der Waals surface area (Å²) in [6.45, 7) is 6.37. The molecule has 0 saturated carbocycles. The summed E-state index contributed by atoms with van der Waals surface area (Å²) in [5.41, 5.74) is 1.16. The van der Waals surface area contributed by atoms with E-state index in [2.05, 4.69) is 28.7 Å².